The van der Waals surface area contributed by atoms with E-state index in [1.807, 2.05) is 6.92 Å². The Kier molecular flexibility index (Phi) is 3.76. The summed E-state index contributed by atoms with van der Waals surface area (Å²) >= 11 is 0. The van der Waals surface area contributed by atoms with Gasteiger partial charge >= 0.3 is 10.1 Å². The first-order chi connectivity index (χ1) is 9.01. The van der Waals surface area contributed by atoms with E-state index in [-0.39, 0.29) is 10.6 Å². The second kappa shape index (κ2) is 5.32. The summed E-state index contributed by atoms with van der Waals surface area (Å²) < 4.78 is 29.2. The van der Waals surface area contributed by atoms with Crippen molar-refractivity contribution in [3.63, 3.8) is 0 Å². The first-order valence-corrected chi connectivity index (χ1v) is 7.13. The van der Waals surface area contributed by atoms with Gasteiger partial charge in [0.15, 0.2) is 0 Å². The Morgan fingerprint density at radius 2 is 1.84 bits per heavy atom. The van der Waals surface area contributed by atoms with E-state index < -0.39 is 10.1 Å². The highest BCUT2D eigenvalue weighted by molar-refractivity contribution is 7.87. The molecule has 1 N–H and O–H groups in total. The van der Waals surface area contributed by atoms with E-state index in [1.54, 1.807) is 37.4 Å². The summed E-state index contributed by atoms with van der Waals surface area (Å²) in [5.74, 6) is 0.253. The molecule has 1 radical (unpaired) electrons. The molecule has 0 unspecified atom stereocenters. The Labute approximate surface area is 113 Å². The van der Waals surface area contributed by atoms with Gasteiger partial charge in [0.25, 0.3) is 0 Å². The van der Waals surface area contributed by atoms with Gasteiger partial charge in [-0.1, -0.05) is 17.7 Å². The van der Waals surface area contributed by atoms with Crippen molar-refractivity contribution in [2.45, 2.75) is 11.8 Å². The minimum atomic E-state index is -3.80. The average molecular weight is 276 g/mol. The standard InChI is InChI=1S/C14H14NO3S/c1-11-6-8-14(9-7-11)19(16,17)18-13-5-3-4-12(10-13)15-2/h3,5-10,15H,1-2H3. The Bertz CT molecular complexity index is 663. The Morgan fingerprint density at radius 3 is 2.47 bits per heavy atom. The zero-order valence-electron chi connectivity index (χ0n) is 10.7. The molecule has 0 aliphatic rings. The minimum Gasteiger partial charge on any atom is -0.388 e. The fourth-order valence-corrected chi connectivity index (χ4v) is 2.44. The van der Waals surface area contributed by atoms with Crippen LogP contribution in [0.1, 0.15) is 5.56 Å². The lowest BCUT2D eigenvalue weighted by molar-refractivity contribution is 0.486. The summed E-state index contributed by atoms with van der Waals surface area (Å²) in [4.78, 5) is 0.136. The molecule has 4 nitrogen and oxygen atoms in total. The molecule has 0 spiro atoms. The summed E-state index contributed by atoms with van der Waals surface area (Å²) in [7, 11) is -2.07. The molecule has 99 valence electrons. The monoisotopic (exact) mass is 276 g/mol. The fourth-order valence-electron chi connectivity index (χ4n) is 1.52. The topological polar surface area (TPSA) is 55.4 Å². The van der Waals surface area contributed by atoms with Crippen LogP contribution in [0.5, 0.6) is 5.75 Å². The molecule has 19 heavy (non-hydrogen) atoms. The van der Waals surface area contributed by atoms with Crippen molar-refractivity contribution in [3.8, 4) is 5.75 Å². The van der Waals surface area contributed by atoms with Crippen molar-refractivity contribution in [1.82, 2.24) is 0 Å². The second-order valence-electron chi connectivity index (χ2n) is 4.04. The van der Waals surface area contributed by atoms with E-state index in [0.29, 0.717) is 5.69 Å². The van der Waals surface area contributed by atoms with Gasteiger partial charge in [-0.2, -0.15) is 8.42 Å². The van der Waals surface area contributed by atoms with Crippen LogP contribution in [0.15, 0.2) is 47.4 Å². The van der Waals surface area contributed by atoms with Gasteiger partial charge in [-0.05, 0) is 31.2 Å². The van der Waals surface area contributed by atoms with Crippen LogP contribution < -0.4 is 9.50 Å². The molecular formula is C14H14NO3S. The molecular weight excluding hydrogens is 262 g/mol. The quantitative estimate of drug-likeness (QED) is 0.872. The van der Waals surface area contributed by atoms with Crippen LogP contribution in [0.3, 0.4) is 0 Å². The summed E-state index contributed by atoms with van der Waals surface area (Å²) in [6, 6.07) is 14.1. The second-order valence-corrected chi connectivity index (χ2v) is 5.58. The third kappa shape index (κ3) is 3.26. The molecule has 0 aromatic heterocycles. The molecule has 0 aliphatic heterocycles. The maximum atomic E-state index is 12.1. The zero-order valence-corrected chi connectivity index (χ0v) is 11.5. The van der Waals surface area contributed by atoms with Crippen LogP contribution in [-0.4, -0.2) is 15.5 Å². The third-order valence-corrected chi connectivity index (χ3v) is 3.82. The van der Waals surface area contributed by atoms with Crippen molar-refractivity contribution < 1.29 is 12.6 Å². The van der Waals surface area contributed by atoms with Crippen molar-refractivity contribution in [1.29, 1.82) is 0 Å². The number of hydrogen-bond acceptors (Lipinski definition) is 4. The van der Waals surface area contributed by atoms with E-state index in [9.17, 15) is 8.42 Å². The van der Waals surface area contributed by atoms with Gasteiger partial charge in [0, 0.05) is 24.9 Å². The van der Waals surface area contributed by atoms with E-state index in [2.05, 4.69) is 11.4 Å². The lowest BCUT2D eigenvalue weighted by Crippen LogP contribution is -2.09. The number of aryl methyl sites for hydroxylation is 1. The van der Waals surface area contributed by atoms with Crippen molar-refractivity contribution in [2.24, 2.45) is 0 Å². The van der Waals surface area contributed by atoms with Gasteiger partial charge < -0.3 is 9.50 Å². The maximum Gasteiger partial charge on any atom is 0.339 e. The number of nitrogens with one attached hydrogen (secondary N) is 1. The Balaban J connectivity index is 2.28. The smallest absolute Gasteiger partial charge is 0.339 e. The van der Waals surface area contributed by atoms with Gasteiger partial charge in [0.05, 0.1) is 0 Å². The van der Waals surface area contributed by atoms with Crippen molar-refractivity contribution in [2.75, 3.05) is 12.4 Å². The normalized spacial score (nSPS) is 11.1. The highest BCUT2D eigenvalue weighted by atomic mass is 32.2. The summed E-state index contributed by atoms with van der Waals surface area (Å²) in [5, 5.41) is 2.87. The van der Waals surface area contributed by atoms with Crippen LogP contribution >= 0.6 is 0 Å². The van der Waals surface area contributed by atoms with Gasteiger partial charge in [-0.25, -0.2) is 0 Å². The van der Waals surface area contributed by atoms with Crippen LogP contribution in [0.4, 0.5) is 5.69 Å². The molecule has 0 heterocycles. The predicted molar refractivity (Wildman–Crippen MR) is 73.8 cm³/mol. The fraction of sp³-hybridized carbons (Fsp3) is 0.143. The average Bonchev–Trinajstić information content (AvgIpc) is 2.39. The highest BCUT2D eigenvalue weighted by Crippen LogP contribution is 2.21. The highest BCUT2D eigenvalue weighted by Gasteiger charge is 2.16. The molecule has 2 aromatic rings. The largest absolute Gasteiger partial charge is 0.388 e. The molecule has 5 heteroatoms. The molecule has 0 bridgehead atoms. The molecule has 0 saturated carbocycles. The van der Waals surface area contributed by atoms with Crippen LogP contribution in [-0.2, 0) is 10.1 Å². The number of benzene rings is 2. The van der Waals surface area contributed by atoms with Gasteiger partial charge in [-0.3, -0.25) is 0 Å². The minimum absolute atomic E-state index is 0.136. The van der Waals surface area contributed by atoms with Crippen molar-refractivity contribution in [3.05, 3.63) is 54.1 Å². The number of hydrogen-bond donors (Lipinski definition) is 1. The Hall–Kier alpha value is -2.01. The lowest BCUT2D eigenvalue weighted by Gasteiger charge is -2.08. The first-order valence-electron chi connectivity index (χ1n) is 5.72. The molecule has 2 aromatic carbocycles. The third-order valence-electron chi connectivity index (χ3n) is 2.56. The van der Waals surface area contributed by atoms with Crippen LogP contribution in [0.25, 0.3) is 0 Å². The lowest BCUT2D eigenvalue weighted by atomic mass is 10.2. The summed E-state index contributed by atoms with van der Waals surface area (Å²) in [6.07, 6.45) is 0. The van der Waals surface area contributed by atoms with Crippen LogP contribution in [0.2, 0.25) is 0 Å². The summed E-state index contributed by atoms with van der Waals surface area (Å²) in [5.41, 5.74) is 1.65. The molecule has 0 saturated heterocycles. The maximum absolute atomic E-state index is 12.1. The van der Waals surface area contributed by atoms with E-state index in [4.69, 9.17) is 4.18 Å². The molecule has 0 amide bonds. The van der Waals surface area contributed by atoms with E-state index in [0.717, 1.165) is 5.56 Å². The number of anilines is 1. The zero-order chi connectivity index (χ0) is 13.9. The number of rotatable bonds is 4. The first kappa shape index (κ1) is 13.4. The van der Waals surface area contributed by atoms with Gasteiger partial charge in [-0.15, -0.1) is 0 Å². The van der Waals surface area contributed by atoms with Gasteiger partial charge in [0.2, 0.25) is 0 Å². The molecule has 0 fully saturated rings. The van der Waals surface area contributed by atoms with Gasteiger partial charge in [0.1, 0.15) is 10.6 Å². The van der Waals surface area contributed by atoms with E-state index >= 15 is 0 Å². The SMILES string of the molecule is CNc1[c]ccc(OS(=O)(=O)c2ccc(C)cc2)c1. The molecule has 0 aliphatic carbocycles. The van der Waals surface area contributed by atoms with Crippen molar-refractivity contribution >= 4 is 15.8 Å². The predicted octanol–water partition coefficient (Wildman–Crippen LogP) is 2.60. The summed E-state index contributed by atoms with van der Waals surface area (Å²) in [6.45, 7) is 1.89. The molecule has 2 rings (SSSR count). The van der Waals surface area contributed by atoms with E-state index in [1.165, 1.54) is 12.1 Å². The van der Waals surface area contributed by atoms with Crippen LogP contribution in [0, 0.1) is 13.0 Å². The Morgan fingerprint density at radius 1 is 1.16 bits per heavy atom. The molecule has 0 atom stereocenters.